The van der Waals surface area contributed by atoms with Gasteiger partial charge in [0.05, 0.1) is 17.5 Å². The number of carbonyl (C=O) groups is 1. The first-order chi connectivity index (χ1) is 11.1. The highest BCUT2D eigenvalue weighted by Gasteiger charge is 2.17. The fraction of sp³-hybridized carbons (Fsp3) is 0.333. The van der Waals surface area contributed by atoms with Gasteiger partial charge in [-0.05, 0) is 56.2 Å². The number of piperidine rings is 1. The van der Waals surface area contributed by atoms with Crippen LogP contribution in [-0.2, 0) is 0 Å². The van der Waals surface area contributed by atoms with E-state index in [9.17, 15) is 9.90 Å². The van der Waals surface area contributed by atoms with Crippen LogP contribution in [0.15, 0.2) is 42.6 Å². The van der Waals surface area contributed by atoms with Gasteiger partial charge in [-0.25, -0.2) is 0 Å². The van der Waals surface area contributed by atoms with Crippen LogP contribution in [0.5, 0.6) is 0 Å². The first-order valence-corrected chi connectivity index (χ1v) is 7.89. The minimum absolute atomic E-state index is 0.137. The SMILES string of the molecule is Cc1ncccc1NC(=O)c1ccc(N2CCC(O)CC2)cc1. The Hall–Kier alpha value is -2.40. The molecule has 1 fully saturated rings. The van der Waals surface area contributed by atoms with Gasteiger partial charge in [-0.1, -0.05) is 0 Å². The number of aryl methyl sites for hydroxylation is 1. The normalized spacial score (nSPS) is 15.5. The molecule has 0 aliphatic carbocycles. The van der Waals surface area contributed by atoms with Crippen LogP contribution in [0.2, 0.25) is 0 Å². The first kappa shape index (κ1) is 15.5. The van der Waals surface area contributed by atoms with Crippen molar-refractivity contribution in [2.24, 2.45) is 0 Å². The van der Waals surface area contributed by atoms with Crippen LogP contribution in [0.25, 0.3) is 0 Å². The van der Waals surface area contributed by atoms with E-state index in [1.807, 2.05) is 37.3 Å². The topological polar surface area (TPSA) is 65.5 Å². The predicted molar refractivity (Wildman–Crippen MR) is 90.8 cm³/mol. The second-order valence-electron chi connectivity index (χ2n) is 5.86. The maximum atomic E-state index is 12.3. The predicted octanol–water partition coefficient (Wildman–Crippen LogP) is 2.60. The zero-order valence-electron chi connectivity index (χ0n) is 13.2. The molecule has 2 N–H and O–H groups in total. The third kappa shape index (κ3) is 3.68. The van der Waals surface area contributed by atoms with Gasteiger partial charge in [0.1, 0.15) is 0 Å². The largest absolute Gasteiger partial charge is 0.393 e. The van der Waals surface area contributed by atoms with Gasteiger partial charge >= 0.3 is 0 Å². The van der Waals surface area contributed by atoms with Crippen molar-refractivity contribution in [3.8, 4) is 0 Å². The number of anilines is 2. The van der Waals surface area contributed by atoms with Crippen molar-refractivity contribution in [3.63, 3.8) is 0 Å². The summed E-state index contributed by atoms with van der Waals surface area (Å²) in [5, 5.41) is 12.5. The van der Waals surface area contributed by atoms with Crippen molar-refractivity contribution in [2.75, 3.05) is 23.3 Å². The maximum absolute atomic E-state index is 12.3. The molecule has 1 aliphatic heterocycles. The summed E-state index contributed by atoms with van der Waals surface area (Å²) in [6, 6.07) is 11.2. The van der Waals surface area contributed by atoms with Crippen LogP contribution in [0.1, 0.15) is 28.9 Å². The van der Waals surface area contributed by atoms with Crippen molar-refractivity contribution in [3.05, 3.63) is 53.9 Å². The molecule has 0 radical (unpaired) electrons. The second kappa shape index (κ2) is 6.79. The van der Waals surface area contributed by atoms with E-state index in [-0.39, 0.29) is 12.0 Å². The van der Waals surface area contributed by atoms with E-state index in [2.05, 4.69) is 15.2 Å². The van der Waals surface area contributed by atoms with Gasteiger partial charge in [0.2, 0.25) is 0 Å². The van der Waals surface area contributed by atoms with Gasteiger partial charge in [0, 0.05) is 30.5 Å². The number of nitrogens with one attached hydrogen (secondary N) is 1. The lowest BCUT2D eigenvalue weighted by atomic mass is 10.1. The quantitative estimate of drug-likeness (QED) is 0.914. The summed E-state index contributed by atoms with van der Waals surface area (Å²) in [5.74, 6) is -0.137. The van der Waals surface area contributed by atoms with E-state index < -0.39 is 0 Å². The maximum Gasteiger partial charge on any atom is 0.255 e. The number of amides is 1. The summed E-state index contributed by atoms with van der Waals surface area (Å²) in [6.07, 6.45) is 3.11. The molecule has 0 unspecified atom stereocenters. The van der Waals surface area contributed by atoms with Crippen molar-refractivity contribution in [1.82, 2.24) is 4.98 Å². The number of aliphatic hydroxyl groups excluding tert-OH is 1. The Bertz CT molecular complexity index is 677. The zero-order chi connectivity index (χ0) is 16.2. The number of aliphatic hydroxyl groups is 1. The molecule has 1 aliphatic rings. The molecular weight excluding hydrogens is 290 g/mol. The van der Waals surface area contributed by atoms with Crippen LogP contribution < -0.4 is 10.2 Å². The molecule has 1 aromatic heterocycles. The monoisotopic (exact) mass is 311 g/mol. The standard InChI is InChI=1S/C18H21N3O2/c1-13-17(3-2-10-19-13)20-18(23)14-4-6-15(7-5-14)21-11-8-16(22)9-12-21/h2-7,10,16,22H,8-9,11-12H2,1H3,(H,20,23). The number of pyridine rings is 1. The van der Waals surface area contributed by atoms with Crippen molar-refractivity contribution < 1.29 is 9.90 Å². The third-order valence-electron chi connectivity index (χ3n) is 4.21. The average Bonchev–Trinajstić information content (AvgIpc) is 2.58. The number of hydrogen-bond donors (Lipinski definition) is 2. The Morgan fingerprint density at radius 3 is 2.57 bits per heavy atom. The molecular formula is C18H21N3O2. The van der Waals surface area contributed by atoms with Gasteiger partial charge in [0.15, 0.2) is 0 Å². The molecule has 3 rings (SSSR count). The minimum Gasteiger partial charge on any atom is -0.393 e. The fourth-order valence-corrected chi connectivity index (χ4v) is 2.76. The second-order valence-corrected chi connectivity index (χ2v) is 5.86. The van der Waals surface area contributed by atoms with Crippen LogP contribution in [0, 0.1) is 6.92 Å². The zero-order valence-corrected chi connectivity index (χ0v) is 13.2. The first-order valence-electron chi connectivity index (χ1n) is 7.89. The lowest BCUT2D eigenvalue weighted by molar-refractivity contribution is 0.102. The summed E-state index contributed by atoms with van der Waals surface area (Å²) < 4.78 is 0. The van der Waals surface area contributed by atoms with Gasteiger partial charge < -0.3 is 15.3 Å². The summed E-state index contributed by atoms with van der Waals surface area (Å²) >= 11 is 0. The molecule has 0 atom stereocenters. The number of rotatable bonds is 3. The van der Waals surface area contributed by atoms with Crippen LogP contribution in [0.4, 0.5) is 11.4 Å². The summed E-state index contributed by atoms with van der Waals surface area (Å²) in [7, 11) is 0. The summed E-state index contributed by atoms with van der Waals surface area (Å²) in [4.78, 5) is 18.7. The number of aromatic nitrogens is 1. The number of hydrogen-bond acceptors (Lipinski definition) is 4. The molecule has 120 valence electrons. The molecule has 0 bridgehead atoms. The Balaban J connectivity index is 1.67. The van der Waals surface area contributed by atoms with E-state index in [0.29, 0.717) is 5.56 Å². The van der Waals surface area contributed by atoms with Crippen LogP contribution >= 0.6 is 0 Å². The number of carbonyl (C=O) groups excluding carboxylic acids is 1. The molecule has 2 heterocycles. The molecule has 5 heteroatoms. The van der Waals surface area contributed by atoms with Crippen LogP contribution in [0.3, 0.4) is 0 Å². The summed E-state index contributed by atoms with van der Waals surface area (Å²) in [6.45, 7) is 3.56. The molecule has 1 saturated heterocycles. The smallest absolute Gasteiger partial charge is 0.255 e. The molecule has 1 aromatic carbocycles. The van der Waals surface area contributed by atoms with E-state index in [1.165, 1.54) is 0 Å². The fourth-order valence-electron chi connectivity index (χ4n) is 2.76. The molecule has 1 amide bonds. The number of benzene rings is 1. The average molecular weight is 311 g/mol. The van der Waals surface area contributed by atoms with E-state index in [4.69, 9.17) is 0 Å². The molecule has 0 spiro atoms. The van der Waals surface area contributed by atoms with Crippen LogP contribution in [-0.4, -0.2) is 35.2 Å². The Kier molecular flexibility index (Phi) is 4.57. The highest BCUT2D eigenvalue weighted by molar-refractivity contribution is 6.04. The molecule has 5 nitrogen and oxygen atoms in total. The highest BCUT2D eigenvalue weighted by atomic mass is 16.3. The van der Waals surface area contributed by atoms with E-state index >= 15 is 0 Å². The Labute approximate surface area is 136 Å². The summed E-state index contributed by atoms with van der Waals surface area (Å²) in [5.41, 5.74) is 3.23. The Morgan fingerprint density at radius 1 is 1.22 bits per heavy atom. The third-order valence-corrected chi connectivity index (χ3v) is 4.21. The van der Waals surface area contributed by atoms with Gasteiger partial charge in [-0.15, -0.1) is 0 Å². The lowest BCUT2D eigenvalue weighted by Gasteiger charge is -2.31. The molecule has 2 aromatic rings. The minimum atomic E-state index is -0.181. The van der Waals surface area contributed by atoms with Gasteiger partial charge in [0.25, 0.3) is 5.91 Å². The highest BCUT2D eigenvalue weighted by Crippen LogP contribution is 2.21. The molecule has 0 saturated carbocycles. The van der Waals surface area contributed by atoms with Gasteiger partial charge in [-0.2, -0.15) is 0 Å². The Morgan fingerprint density at radius 2 is 1.91 bits per heavy atom. The van der Waals surface area contributed by atoms with Gasteiger partial charge in [-0.3, -0.25) is 9.78 Å². The lowest BCUT2D eigenvalue weighted by Crippen LogP contribution is -2.35. The van der Waals surface area contributed by atoms with E-state index in [0.717, 1.165) is 43.0 Å². The van der Waals surface area contributed by atoms with Crippen molar-refractivity contribution in [1.29, 1.82) is 0 Å². The number of nitrogens with zero attached hydrogens (tertiary/aromatic N) is 2. The van der Waals surface area contributed by atoms with Crippen molar-refractivity contribution in [2.45, 2.75) is 25.9 Å². The molecule has 23 heavy (non-hydrogen) atoms. The van der Waals surface area contributed by atoms with E-state index in [1.54, 1.807) is 12.3 Å². The van der Waals surface area contributed by atoms with Crippen molar-refractivity contribution >= 4 is 17.3 Å².